The molecule has 1 fully saturated rings. The van der Waals surface area contributed by atoms with E-state index < -0.39 is 26.6 Å². The summed E-state index contributed by atoms with van der Waals surface area (Å²) in [4.78, 5) is -0.899. The Morgan fingerprint density at radius 3 is 2.37 bits per heavy atom. The standard InChI is InChI=1S/C12H16F2N2O2S/c13-10-2-1-3-11(14)12(10)19(17,18)16-8-9-4-6-15-7-5-9/h1-3,9,15-16H,4-8H2. The summed E-state index contributed by atoms with van der Waals surface area (Å²) in [6.07, 6.45) is 1.70. The van der Waals surface area contributed by atoms with Crippen molar-refractivity contribution in [3.05, 3.63) is 29.8 Å². The van der Waals surface area contributed by atoms with Crippen LogP contribution in [0.5, 0.6) is 0 Å². The SMILES string of the molecule is O=S(=O)(NCC1CCNCC1)c1c(F)cccc1F. The van der Waals surface area contributed by atoms with Crippen molar-refractivity contribution in [2.24, 2.45) is 5.92 Å². The van der Waals surface area contributed by atoms with Crippen LogP contribution in [0.3, 0.4) is 0 Å². The predicted molar refractivity (Wildman–Crippen MR) is 67.1 cm³/mol. The van der Waals surface area contributed by atoms with E-state index in [1.165, 1.54) is 0 Å². The molecule has 7 heteroatoms. The van der Waals surface area contributed by atoms with Crippen molar-refractivity contribution in [1.29, 1.82) is 0 Å². The van der Waals surface area contributed by atoms with E-state index >= 15 is 0 Å². The van der Waals surface area contributed by atoms with Crippen LogP contribution in [0.1, 0.15) is 12.8 Å². The Morgan fingerprint density at radius 2 is 1.79 bits per heavy atom. The summed E-state index contributed by atoms with van der Waals surface area (Å²) in [5, 5.41) is 3.16. The van der Waals surface area contributed by atoms with Gasteiger partial charge in [0.1, 0.15) is 11.6 Å². The molecule has 0 saturated carbocycles. The van der Waals surface area contributed by atoms with Crippen molar-refractivity contribution in [3.63, 3.8) is 0 Å². The van der Waals surface area contributed by atoms with Crippen LogP contribution < -0.4 is 10.0 Å². The van der Waals surface area contributed by atoms with Gasteiger partial charge in [-0.25, -0.2) is 21.9 Å². The highest BCUT2D eigenvalue weighted by molar-refractivity contribution is 7.89. The number of hydrogen-bond acceptors (Lipinski definition) is 3. The Morgan fingerprint density at radius 1 is 1.21 bits per heavy atom. The molecule has 19 heavy (non-hydrogen) atoms. The van der Waals surface area contributed by atoms with Crippen molar-refractivity contribution in [2.45, 2.75) is 17.7 Å². The molecular formula is C12H16F2N2O2S. The van der Waals surface area contributed by atoms with Gasteiger partial charge in [0.05, 0.1) is 0 Å². The molecule has 2 rings (SSSR count). The number of nitrogens with one attached hydrogen (secondary N) is 2. The van der Waals surface area contributed by atoms with Crippen molar-refractivity contribution in [1.82, 2.24) is 10.0 Å². The Balaban J connectivity index is 2.09. The Kier molecular flexibility index (Phi) is 4.49. The molecule has 0 spiro atoms. The molecule has 0 aliphatic carbocycles. The molecule has 1 aromatic rings. The third-order valence-electron chi connectivity index (χ3n) is 3.21. The van der Waals surface area contributed by atoms with Gasteiger partial charge in [0, 0.05) is 6.54 Å². The second kappa shape index (κ2) is 5.94. The van der Waals surface area contributed by atoms with Crippen LogP contribution in [-0.2, 0) is 10.0 Å². The molecule has 0 radical (unpaired) electrons. The van der Waals surface area contributed by atoms with E-state index in [4.69, 9.17) is 0 Å². The third kappa shape index (κ3) is 3.49. The van der Waals surface area contributed by atoms with Crippen LogP contribution >= 0.6 is 0 Å². The number of sulfonamides is 1. The lowest BCUT2D eigenvalue weighted by Gasteiger charge is -2.22. The van der Waals surface area contributed by atoms with Gasteiger partial charge in [0.15, 0.2) is 4.90 Å². The molecule has 2 N–H and O–H groups in total. The fraction of sp³-hybridized carbons (Fsp3) is 0.500. The maximum absolute atomic E-state index is 13.4. The van der Waals surface area contributed by atoms with Crippen molar-refractivity contribution < 1.29 is 17.2 Å². The Bertz CT molecular complexity index is 522. The van der Waals surface area contributed by atoms with Gasteiger partial charge in [0.2, 0.25) is 10.0 Å². The second-order valence-corrected chi connectivity index (χ2v) is 6.30. The minimum absolute atomic E-state index is 0.200. The number of rotatable bonds is 4. The van der Waals surface area contributed by atoms with E-state index in [0.29, 0.717) is 0 Å². The monoisotopic (exact) mass is 290 g/mol. The smallest absolute Gasteiger partial charge is 0.246 e. The fourth-order valence-corrected chi connectivity index (χ4v) is 3.37. The zero-order valence-corrected chi connectivity index (χ0v) is 11.1. The topological polar surface area (TPSA) is 58.2 Å². The predicted octanol–water partition coefficient (Wildman–Crippen LogP) is 1.24. The van der Waals surface area contributed by atoms with Crippen molar-refractivity contribution in [3.8, 4) is 0 Å². The first kappa shape index (κ1) is 14.4. The van der Waals surface area contributed by atoms with Gasteiger partial charge >= 0.3 is 0 Å². The largest absolute Gasteiger partial charge is 0.317 e. The van der Waals surface area contributed by atoms with E-state index in [9.17, 15) is 17.2 Å². The minimum atomic E-state index is -4.14. The van der Waals surface area contributed by atoms with E-state index in [-0.39, 0.29) is 12.5 Å². The summed E-state index contributed by atoms with van der Waals surface area (Å²) in [6.45, 7) is 1.87. The van der Waals surface area contributed by atoms with E-state index in [0.717, 1.165) is 44.1 Å². The molecule has 1 heterocycles. The highest BCUT2D eigenvalue weighted by Crippen LogP contribution is 2.19. The third-order valence-corrected chi connectivity index (χ3v) is 4.68. The van der Waals surface area contributed by atoms with Crippen molar-refractivity contribution in [2.75, 3.05) is 19.6 Å². The summed E-state index contributed by atoms with van der Waals surface area (Å²) >= 11 is 0. The molecule has 0 unspecified atom stereocenters. The van der Waals surface area contributed by atoms with Crippen LogP contribution in [0.15, 0.2) is 23.1 Å². The van der Waals surface area contributed by atoms with Crippen LogP contribution in [0, 0.1) is 17.6 Å². The first-order valence-electron chi connectivity index (χ1n) is 6.15. The summed E-state index contributed by atoms with van der Waals surface area (Å²) in [7, 11) is -4.14. The lowest BCUT2D eigenvalue weighted by atomic mass is 9.99. The quantitative estimate of drug-likeness (QED) is 0.877. The molecule has 0 aromatic heterocycles. The van der Waals surface area contributed by atoms with Crippen LogP contribution in [0.4, 0.5) is 8.78 Å². The van der Waals surface area contributed by atoms with Crippen LogP contribution in [-0.4, -0.2) is 28.1 Å². The van der Waals surface area contributed by atoms with Gasteiger partial charge < -0.3 is 5.32 Å². The molecule has 106 valence electrons. The molecule has 1 saturated heterocycles. The van der Waals surface area contributed by atoms with Crippen LogP contribution in [0.25, 0.3) is 0 Å². The summed E-state index contributed by atoms with van der Waals surface area (Å²) in [6, 6.07) is 3.00. The van der Waals surface area contributed by atoms with Crippen molar-refractivity contribution >= 4 is 10.0 Å². The van der Waals surface area contributed by atoms with Gasteiger partial charge in [-0.3, -0.25) is 0 Å². The average molecular weight is 290 g/mol. The fourth-order valence-electron chi connectivity index (χ4n) is 2.12. The first-order chi connectivity index (χ1) is 9.00. The number of piperidine rings is 1. The molecule has 0 amide bonds. The molecule has 1 aliphatic heterocycles. The number of hydrogen-bond donors (Lipinski definition) is 2. The number of halogens is 2. The Labute approximate surface area is 111 Å². The zero-order valence-electron chi connectivity index (χ0n) is 10.3. The molecule has 1 aromatic carbocycles. The van der Waals surface area contributed by atoms with Gasteiger partial charge in [-0.2, -0.15) is 0 Å². The van der Waals surface area contributed by atoms with Crippen LogP contribution in [0.2, 0.25) is 0 Å². The number of benzene rings is 1. The maximum Gasteiger partial charge on any atom is 0.246 e. The van der Waals surface area contributed by atoms with E-state index in [2.05, 4.69) is 10.0 Å². The van der Waals surface area contributed by atoms with Gasteiger partial charge in [-0.05, 0) is 44.0 Å². The molecular weight excluding hydrogens is 274 g/mol. The molecule has 0 bridgehead atoms. The maximum atomic E-state index is 13.4. The van der Waals surface area contributed by atoms with E-state index in [1.807, 2.05) is 0 Å². The van der Waals surface area contributed by atoms with Gasteiger partial charge in [-0.1, -0.05) is 6.07 Å². The molecule has 1 aliphatic rings. The lowest BCUT2D eigenvalue weighted by molar-refractivity contribution is 0.372. The molecule has 4 nitrogen and oxygen atoms in total. The summed E-state index contributed by atoms with van der Waals surface area (Å²) in [5.74, 6) is -1.94. The zero-order chi connectivity index (χ0) is 13.9. The minimum Gasteiger partial charge on any atom is -0.317 e. The highest BCUT2D eigenvalue weighted by atomic mass is 32.2. The molecule has 0 atom stereocenters. The Hall–Kier alpha value is -1.05. The second-order valence-electron chi connectivity index (χ2n) is 4.60. The first-order valence-corrected chi connectivity index (χ1v) is 7.63. The normalized spacial score (nSPS) is 17.6. The average Bonchev–Trinajstić information content (AvgIpc) is 2.37. The lowest BCUT2D eigenvalue weighted by Crippen LogP contribution is -2.36. The summed E-state index contributed by atoms with van der Waals surface area (Å²) < 4.78 is 53.0. The van der Waals surface area contributed by atoms with E-state index in [1.54, 1.807) is 0 Å². The highest BCUT2D eigenvalue weighted by Gasteiger charge is 2.25. The van der Waals surface area contributed by atoms with Gasteiger partial charge in [0.25, 0.3) is 0 Å². The summed E-state index contributed by atoms with van der Waals surface area (Å²) in [5.41, 5.74) is 0. The van der Waals surface area contributed by atoms with Gasteiger partial charge in [-0.15, -0.1) is 0 Å².